The first-order valence-electron chi connectivity index (χ1n) is 23.3. The molecule has 1 heteroatoms. The lowest BCUT2D eigenvalue weighted by Crippen LogP contribution is -2.16. The molecular formula is C48H95N. The van der Waals surface area contributed by atoms with Gasteiger partial charge in [0.1, 0.15) is 0 Å². The summed E-state index contributed by atoms with van der Waals surface area (Å²) in [7, 11) is 0. The van der Waals surface area contributed by atoms with Crippen LogP contribution in [-0.4, -0.2) is 13.1 Å². The zero-order chi connectivity index (χ0) is 35.6. The van der Waals surface area contributed by atoms with Gasteiger partial charge in [-0.1, -0.05) is 231 Å². The van der Waals surface area contributed by atoms with Crippen molar-refractivity contribution in [3.63, 3.8) is 0 Å². The maximum absolute atomic E-state index is 4.21. The molecule has 0 aromatic rings. The predicted molar refractivity (Wildman–Crippen MR) is 227 cm³/mol. The Morgan fingerprint density at radius 3 is 1.20 bits per heavy atom. The van der Waals surface area contributed by atoms with Crippen LogP contribution in [0, 0.1) is 5.92 Å². The molecule has 0 aromatic heterocycles. The third kappa shape index (κ3) is 41.7. The van der Waals surface area contributed by atoms with Crippen molar-refractivity contribution < 1.29 is 0 Å². The van der Waals surface area contributed by atoms with E-state index in [0.29, 0.717) is 0 Å². The molecule has 0 aliphatic heterocycles. The van der Waals surface area contributed by atoms with Gasteiger partial charge in [0.15, 0.2) is 0 Å². The molecule has 1 unspecified atom stereocenters. The second kappa shape index (κ2) is 43.6. The molecule has 0 aliphatic carbocycles. The summed E-state index contributed by atoms with van der Waals surface area (Å²) < 4.78 is 0. The molecule has 1 N–H and O–H groups in total. The smallest absolute Gasteiger partial charge is 0.00489 e. The summed E-state index contributed by atoms with van der Waals surface area (Å²) in [5.41, 5.74) is 1.47. The van der Waals surface area contributed by atoms with Crippen molar-refractivity contribution >= 4 is 0 Å². The average Bonchev–Trinajstić information content (AvgIpc) is 3.10. The molecule has 0 spiro atoms. The summed E-state index contributed by atoms with van der Waals surface area (Å²) in [6, 6.07) is 0. The van der Waals surface area contributed by atoms with Crippen LogP contribution in [0.2, 0.25) is 0 Å². The van der Waals surface area contributed by atoms with Crippen molar-refractivity contribution in [1.29, 1.82) is 0 Å². The maximum Gasteiger partial charge on any atom is -0.00489 e. The Morgan fingerprint density at radius 1 is 0.388 bits per heavy atom. The minimum absolute atomic E-state index is 0.996. The van der Waals surface area contributed by atoms with Crippen molar-refractivity contribution in [3.05, 3.63) is 24.3 Å². The zero-order valence-electron chi connectivity index (χ0n) is 34.7. The van der Waals surface area contributed by atoms with E-state index < -0.39 is 0 Å². The normalized spacial score (nSPS) is 12.4. The topological polar surface area (TPSA) is 12.0 Å². The Hall–Kier alpha value is -0.560. The van der Waals surface area contributed by atoms with Gasteiger partial charge in [-0.25, -0.2) is 0 Å². The Morgan fingerprint density at radius 2 is 0.735 bits per heavy atom. The highest BCUT2D eigenvalue weighted by Crippen LogP contribution is 2.24. The number of nitrogens with one attached hydrogen (secondary N) is 1. The summed E-state index contributed by atoms with van der Waals surface area (Å²) >= 11 is 0. The Labute approximate surface area is 312 Å². The second-order valence-electron chi connectivity index (χ2n) is 16.2. The monoisotopic (exact) mass is 686 g/mol. The van der Waals surface area contributed by atoms with Crippen LogP contribution >= 0.6 is 0 Å². The average molecular weight is 686 g/mol. The second-order valence-corrected chi connectivity index (χ2v) is 16.2. The lowest BCUT2D eigenvalue weighted by molar-refractivity contribution is 0.366. The van der Waals surface area contributed by atoms with Crippen LogP contribution in [0.4, 0.5) is 0 Å². The minimum atomic E-state index is 0.996. The molecule has 1 atom stereocenters. The molecule has 0 heterocycles. The van der Waals surface area contributed by atoms with Crippen molar-refractivity contribution in [2.24, 2.45) is 5.92 Å². The summed E-state index contributed by atoms with van der Waals surface area (Å²) in [6.45, 7) is 13.6. The number of rotatable bonds is 43. The summed E-state index contributed by atoms with van der Waals surface area (Å²) in [4.78, 5) is 0. The van der Waals surface area contributed by atoms with E-state index in [2.05, 4.69) is 44.8 Å². The van der Waals surface area contributed by atoms with Gasteiger partial charge in [-0.2, -0.15) is 0 Å². The first-order valence-corrected chi connectivity index (χ1v) is 23.3. The molecule has 0 saturated heterocycles. The van der Waals surface area contributed by atoms with Crippen LogP contribution < -0.4 is 5.32 Å². The molecule has 0 bridgehead atoms. The third-order valence-corrected chi connectivity index (χ3v) is 11.0. The number of allylic oxidation sites excluding steroid dienone is 3. The Bertz CT molecular complexity index is 635. The Kier molecular flexibility index (Phi) is 43.1. The van der Waals surface area contributed by atoms with Crippen molar-refractivity contribution in [2.45, 2.75) is 265 Å². The van der Waals surface area contributed by atoms with Gasteiger partial charge in [0, 0.05) is 0 Å². The van der Waals surface area contributed by atoms with Crippen molar-refractivity contribution in [3.8, 4) is 0 Å². The molecular weight excluding hydrogens is 591 g/mol. The SMILES string of the molecule is C=C(CCC)CCCCCCCCCNCCCCC(CCCCCCCCCC)CCCCCCCCCCC/C=C\CCCCCC. The largest absolute Gasteiger partial charge is 0.317 e. The molecule has 49 heavy (non-hydrogen) atoms. The maximum atomic E-state index is 4.21. The van der Waals surface area contributed by atoms with Crippen LogP contribution in [-0.2, 0) is 0 Å². The van der Waals surface area contributed by atoms with Crippen LogP contribution in [0.1, 0.15) is 265 Å². The highest BCUT2D eigenvalue weighted by atomic mass is 14.8. The van der Waals surface area contributed by atoms with Gasteiger partial charge in [0.25, 0.3) is 0 Å². The van der Waals surface area contributed by atoms with Gasteiger partial charge >= 0.3 is 0 Å². The first-order chi connectivity index (χ1) is 24.2. The number of hydrogen-bond acceptors (Lipinski definition) is 1. The van der Waals surface area contributed by atoms with Crippen LogP contribution in [0.3, 0.4) is 0 Å². The fourth-order valence-corrected chi connectivity index (χ4v) is 7.65. The van der Waals surface area contributed by atoms with E-state index in [-0.39, 0.29) is 0 Å². The summed E-state index contributed by atoms with van der Waals surface area (Å²) in [6.07, 6.45) is 58.7. The lowest BCUT2D eigenvalue weighted by atomic mass is 9.90. The van der Waals surface area contributed by atoms with Crippen molar-refractivity contribution in [2.75, 3.05) is 13.1 Å². The van der Waals surface area contributed by atoms with Crippen LogP contribution in [0.5, 0.6) is 0 Å². The highest BCUT2D eigenvalue weighted by molar-refractivity contribution is 4.92. The van der Waals surface area contributed by atoms with E-state index in [1.54, 1.807) is 0 Å². The summed E-state index contributed by atoms with van der Waals surface area (Å²) in [5, 5.41) is 3.77. The quantitative estimate of drug-likeness (QED) is 0.0497. The fraction of sp³-hybridized carbons (Fsp3) is 0.917. The molecule has 0 fully saturated rings. The van der Waals surface area contributed by atoms with Crippen molar-refractivity contribution in [1.82, 2.24) is 5.32 Å². The summed E-state index contributed by atoms with van der Waals surface area (Å²) in [5.74, 6) is 0.996. The fourth-order valence-electron chi connectivity index (χ4n) is 7.65. The van der Waals surface area contributed by atoms with Gasteiger partial charge in [0.05, 0.1) is 0 Å². The van der Waals surface area contributed by atoms with E-state index in [9.17, 15) is 0 Å². The molecule has 0 amide bonds. The number of hydrogen-bond donors (Lipinski definition) is 1. The molecule has 0 aliphatic rings. The molecule has 0 radical (unpaired) electrons. The minimum Gasteiger partial charge on any atom is -0.317 e. The van der Waals surface area contributed by atoms with E-state index in [4.69, 9.17) is 0 Å². The van der Waals surface area contributed by atoms with E-state index in [1.807, 2.05) is 0 Å². The molecule has 0 aromatic carbocycles. The van der Waals surface area contributed by atoms with Gasteiger partial charge in [0.2, 0.25) is 0 Å². The molecule has 1 nitrogen and oxygen atoms in total. The molecule has 0 rings (SSSR count). The number of unbranched alkanes of at least 4 members (excludes halogenated alkanes) is 27. The van der Waals surface area contributed by atoms with Gasteiger partial charge < -0.3 is 5.32 Å². The highest BCUT2D eigenvalue weighted by Gasteiger charge is 2.09. The standard InChI is InChI=1S/C48H95N/c1-5-8-10-12-14-16-17-18-19-20-21-22-23-24-28-32-36-43-48(42-35-31-27-15-13-11-9-6-2)44-37-39-46-49-45-38-33-29-25-26-30-34-41-47(4)40-7-3/h16-17,48-49H,4-15,18-46H2,1-3H3/b17-16-. The van der Waals surface area contributed by atoms with Gasteiger partial charge in [-0.3, -0.25) is 0 Å². The van der Waals surface area contributed by atoms with Gasteiger partial charge in [-0.05, 0) is 76.8 Å². The zero-order valence-corrected chi connectivity index (χ0v) is 34.7. The van der Waals surface area contributed by atoms with Crippen LogP contribution in [0.25, 0.3) is 0 Å². The van der Waals surface area contributed by atoms with Gasteiger partial charge in [-0.15, -0.1) is 0 Å². The molecule has 0 saturated carbocycles. The van der Waals surface area contributed by atoms with E-state index >= 15 is 0 Å². The van der Waals surface area contributed by atoms with E-state index in [0.717, 1.165) is 5.92 Å². The lowest BCUT2D eigenvalue weighted by Gasteiger charge is -2.17. The molecule has 292 valence electrons. The van der Waals surface area contributed by atoms with E-state index in [1.165, 1.54) is 263 Å². The first kappa shape index (κ1) is 48.4. The third-order valence-electron chi connectivity index (χ3n) is 11.0. The van der Waals surface area contributed by atoms with Crippen LogP contribution in [0.15, 0.2) is 24.3 Å². The predicted octanol–water partition coefficient (Wildman–Crippen LogP) is 17.2. The Balaban J connectivity index is 3.85.